The van der Waals surface area contributed by atoms with Crippen LogP contribution in [0.5, 0.6) is 17.4 Å². The number of hydrogen-bond donors (Lipinski definition) is 3. The Morgan fingerprint density at radius 1 is 1.05 bits per heavy atom. The van der Waals surface area contributed by atoms with E-state index in [2.05, 4.69) is 4.98 Å². The molecule has 1 aliphatic heterocycles. The molecule has 5 rings (SSSR count). The highest BCUT2D eigenvalue weighted by Gasteiger charge is 2.46. The lowest BCUT2D eigenvalue weighted by Gasteiger charge is -2.42. The van der Waals surface area contributed by atoms with Crippen LogP contribution in [0.15, 0.2) is 65.7 Å². The van der Waals surface area contributed by atoms with E-state index in [1.165, 1.54) is 10.9 Å². The molecule has 2 fully saturated rings. The number of rotatable bonds is 9. The molecule has 0 radical (unpaired) electrons. The minimum atomic E-state index is -2.82. The first kappa shape index (κ1) is 30.4. The molecule has 0 spiro atoms. The third kappa shape index (κ3) is 7.14. The van der Waals surface area contributed by atoms with Gasteiger partial charge in [0, 0.05) is 37.8 Å². The lowest BCUT2D eigenvalue weighted by Crippen LogP contribution is -2.52. The average molecular weight is 599 g/mol. The van der Waals surface area contributed by atoms with Crippen molar-refractivity contribution in [3.63, 3.8) is 0 Å². The van der Waals surface area contributed by atoms with E-state index in [0.29, 0.717) is 11.5 Å². The lowest BCUT2D eigenvalue weighted by atomic mass is 9.73. The number of piperidine rings is 1. The molecule has 12 heteroatoms. The largest absolute Gasteiger partial charge is 0.491 e. The SMILES string of the molecule is Nc1c(Oc2ccc(OCCO)cc2)ncn(CC2(O)CCN(C(=O)[C@@H]3CCC(F)(F)C[C@H]3c3ccccc3)CC2)c1=O. The Morgan fingerprint density at radius 3 is 2.40 bits per heavy atom. The van der Waals surface area contributed by atoms with E-state index in [-0.39, 0.29) is 82.4 Å². The predicted molar refractivity (Wildman–Crippen MR) is 154 cm³/mol. The number of alkyl halides is 2. The van der Waals surface area contributed by atoms with Crippen molar-refractivity contribution >= 4 is 11.6 Å². The second-order valence-electron chi connectivity index (χ2n) is 11.3. The molecule has 3 aromatic rings. The quantitative estimate of drug-likeness (QED) is 0.340. The van der Waals surface area contributed by atoms with Crippen molar-refractivity contribution in [3.05, 3.63) is 76.8 Å². The third-order valence-electron chi connectivity index (χ3n) is 8.28. The molecule has 2 atom stereocenters. The molecule has 2 aliphatic rings. The van der Waals surface area contributed by atoms with Crippen molar-refractivity contribution in [1.29, 1.82) is 0 Å². The van der Waals surface area contributed by atoms with E-state index in [9.17, 15) is 23.5 Å². The van der Waals surface area contributed by atoms with Crippen molar-refractivity contribution in [2.45, 2.75) is 56.1 Å². The molecule has 1 saturated heterocycles. The molecule has 43 heavy (non-hydrogen) atoms. The highest BCUT2D eigenvalue weighted by atomic mass is 19.3. The number of ether oxygens (including phenoxy) is 2. The summed E-state index contributed by atoms with van der Waals surface area (Å²) < 4.78 is 40.9. The molecule has 230 valence electrons. The van der Waals surface area contributed by atoms with E-state index in [4.69, 9.17) is 20.3 Å². The van der Waals surface area contributed by atoms with Gasteiger partial charge in [-0.05, 0) is 49.1 Å². The Hall–Kier alpha value is -4.03. The van der Waals surface area contributed by atoms with Gasteiger partial charge < -0.3 is 30.3 Å². The molecule has 2 aromatic carbocycles. The van der Waals surface area contributed by atoms with Crippen LogP contribution < -0.4 is 20.8 Å². The smallest absolute Gasteiger partial charge is 0.280 e. The monoisotopic (exact) mass is 598 g/mol. The van der Waals surface area contributed by atoms with Gasteiger partial charge in [0.1, 0.15) is 24.4 Å². The number of benzene rings is 2. The van der Waals surface area contributed by atoms with Crippen LogP contribution in [0, 0.1) is 5.92 Å². The number of amides is 1. The van der Waals surface area contributed by atoms with Crippen molar-refractivity contribution in [1.82, 2.24) is 14.5 Å². The fourth-order valence-corrected chi connectivity index (χ4v) is 5.90. The molecule has 2 heterocycles. The molecule has 1 aliphatic carbocycles. The van der Waals surface area contributed by atoms with Gasteiger partial charge in [0.05, 0.1) is 18.8 Å². The second-order valence-corrected chi connectivity index (χ2v) is 11.3. The topological polar surface area (TPSA) is 140 Å². The number of hydrogen-bond acceptors (Lipinski definition) is 8. The fourth-order valence-electron chi connectivity index (χ4n) is 5.90. The maximum absolute atomic E-state index is 14.4. The minimum absolute atomic E-state index is 0.0788. The number of halogens is 2. The van der Waals surface area contributed by atoms with E-state index in [1.807, 2.05) is 6.07 Å². The number of aliphatic hydroxyl groups excluding tert-OH is 1. The van der Waals surface area contributed by atoms with E-state index in [0.717, 1.165) is 5.56 Å². The summed E-state index contributed by atoms with van der Waals surface area (Å²) in [5.74, 6) is -3.30. The number of aromatic nitrogens is 2. The fraction of sp³-hybridized carbons (Fsp3) is 0.452. The Balaban J connectivity index is 1.21. The first-order valence-corrected chi connectivity index (χ1v) is 14.4. The molecular weight excluding hydrogens is 562 g/mol. The van der Waals surface area contributed by atoms with Gasteiger partial charge in [0.15, 0.2) is 5.69 Å². The number of carbonyl (C=O) groups excluding carboxylic acids is 1. The van der Waals surface area contributed by atoms with Gasteiger partial charge >= 0.3 is 0 Å². The molecule has 1 aromatic heterocycles. The molecule has 1 saturated carbocycles. The van der Waals surface area contributed by atoms with Crippen LogP contribution in [0.2, 0.25) is 0 Å². The summed E-state index contributed by atoms with van der Waals surface area (Å²) in [5, 5.41) is 20.2. The molecule has 4 N–H and O–H groups in total. The maximum atomic E-state index is 14.4. The molecule has 1 amide bonds. The summed E-state index contributed by atoms with van der Waals surface area (Å²) in [7, 11) is 0. The summed E-state index contributed by atoms with van der Waals surface area (Å²) in [6.07, 6.45) is 1.07. The number of nitrogen functional groups attached to an aromatic ring is 1. The summed E-state index contributed by atoms with van der Waals surface area (Å²) >= 11 is 0. The summed E-state index contributed by atoms with van der Waals surface area (Å²) in [6, 6.07) is 15.5. The van der Waals surface area contributed by atoms with Crippen molar-refractivity contribution in [3.8, 4) is 17.4 Å². The Morgan fingerprint density at radius 2 is 1.72 bits per heavy atom. The van der Waals surface area contributed by atoms with Crippen LogP contribution in [0.4, 0.5) is 14.5 Å². The van der Waals surface area contributed by atoms with Gasteiger partial charge in [0.2, 0.25) is 17.7 Å². The maximum Gasteiger partial charge on any atom is 0.280 e. The number of carbonyl (C=O) groups is 1. The zero-order chi connectivity index (χ0) is 30.6. The summed E-state index contributed by atoms with van der Waals surface area (Å²) in [6.45, 7) is 0.440. The zero-order valence-corrected chi connectivity index (χ0v) is 23.7. The highest BCUT2D eigenvalue weighted by molar-refractivity contribution is 5.80. The number of aliphatic hydroxyl groups is 2. The molecule has 0 unspecified atom stereocenters. The van der Waals surface area contributed by atoms with Crippen LogP contribution >= 0.6 is 0 Å². The van der Waals surface area contributed by atoms with Crippen LogP contribution in [-0.4, -0.2) is 68.4 Å². The number of likely N-dealkylation sites (tertiary alicyclic amines) is 1. The third-order valence-corrected chi connectivity index (χ3v) is 8.28. The van der Waals surface area contributed by atoms with Gasteiger partial charge in [-0.25, -0.2) is 13.8 Å². The number of anilines is 1. The van der Waals surface area contributed by atoms with E-state index in [1.54, 1.807) is 53.4 Å². The number of nitrogens with two attached hydrogens (primary N) is 1. The van der Waals surface area contributed by atoms with Crippen molar-refractivity contribution in [2.24, 2.45) is 5.92 Å². The standard InChI is InChI=1S/C31H36F2N4O6/c32-31(33)11-10-24(25(18-31)21-4-2-1-3-5-21)28(39)36-14-12-30(41,13-15-36)19-37-20-35-27(26(34)29(37)40)43-23-8-6-22(7-9-23)42-17-16-38/h1-9,20,24-25,38,41H,10-19,34H2/t24-,25+/m1/s1. The normalized spacial score (nSPS) is 21.3. The highest BCUT2D eigenvalue weighted by Crippen LogP contribution is 2.46. The summed E-state index contributed by atoms with van der Waals surface area (Å²) in [5.41, 5.74) is 4.68. The van der Waals surface area contributed by atoms with E-state index < -0.39 is 28.9 Å². The Bertz CT molecular complexity index is 1460. The van der Waals surface area contributed by atoms with Gasteiger partial charge in [-0.1, -0.05) is 30.3 Å². The lowest BCUT2D eigenvalue weighted by molar-refractivity contribution is -0.145. The predicted octanol–water partition coefficient (Wildman–Crippen LogP) is 3.56. The number of nitrogens with zero attached hydrogens (tertiary/aromatic N) is 3. The van der Waals surface area contributed by atoms with Gasteiger partial charge in [-0.15, -0.1) is 0 Å². The minimum Gasteiger partial charge on any atom is -0.491 e. The van der Waals surface area contributed by atoms with Crippen LogP contribution in [-0.2, 0) is 11.3 Å². The van der Waals surface area contributed by atoms with Gasteiger partial charge in [0.25, 0.3) is 5.56 Å². The Labute approximate surface area is 247 Å². The first-order chi connectivity index (χ1) is 20.6. The van der Waals surface area contributed by atoms with Crippen LogP contribution in [0.1, 0.15) is 43.6 Å². The zero-order valence-electron chi connectivity index (χ0n) is 23.7. The average Bonchev–Trinajstić information content (AvgIpc) is 3.00. The molecular formula is C31H36F2N4O6. The van der Waals surface area contributed by atoms with Crippen LogP contribution in [0.25, 0.3) is 0 Å². The first-order valence-electron chi connectivity index (χ1n) is 14.4. The van der Waals surface area contributed by atoms with Crippen LogP contribution in [0.3, 0.4) is 0 Å². The van der Waals surface area contributed by atoms with Gasteiger partial charge in [-0.2, -0.15) is 0 Å². The second kappa shape index (κ2) is 12.7. The summed E-state index contributed by atoms with van der Waals surface area (Å²) in [4.78, 5) is 32.4. The van der Waals surface area contributed by atoms with Gasteiger partial charge in [-0.3, -0.25) is 14.2 Å². The molecule has 10 nitrogen and oxygen atoms in total. The Kier molecular flexibility index (Phi) is 8.97. The van der Waals surface area contributed by atoms with E-state index >= 15 is 0 Å². The van der Waals surface area contributed by atoms with Crippen molar-refractivity contribution in [2.75, 3.05) is 32.0 Å². The van der Waals surface area contributed by atoms with Crippen molar-refractivity contribution < 1.29 is 33.3 Å². The molecule has 0 bridgehead atoms.